The summed E-state index contributed by atoms with van der Waals surface area (Å²) in [5.74, 6) is 2.65. The van der Waals surface area contributed by atoms with Gasteiger partial charge in [-0.25, -0.2) is 9.97 Å². The molecule has 29 heavy (non-hydrogen) atoms. The summed E-state index contributed by atoms with van der Waals surface area (Å²) < 4.78 is 16.6. The van der Waals surface area contributed by atoms with Crippen molar-refractivity contribution in [3.63, 3.8) is 0 Å². The van der Waals surface area contributed by atoms with Crippen molar-refractivity contribution in [2.24, 2.45) is 0 Å². The molecule has 7 nitrogen and oxygen atoms in total. The standard InChI is InChI=1S/C21H24ClN3O4/c1-27-16-12-15-17(19(29-3)18(16)28-2)24-20(13-6-8-14(22)9-7-13)25-21(15)23-10-4-5-11-26/h6-9,12,26H,4-5,10-11H2,1-3H3,(H,23,24,25). The number of unbranched alkanes of at least 4 members (excludes halogenated alkanes) is 1. The van der Waals surface area contributed by atoms with E-state index in [1.165, 1.54) is 0 Å². The second kappa shape index (κ2) is 9.62. The number of hydrogen-bond acceptors (Lipinski definition) is 7. The highest BCUT2D eigenvalue weighted by Crippen LogP contribution is 2.44. The number of halogens is 1. The van der Waals surface area contributed by atoms with Crippen LogP contribution in [0.25, 0.3) is 22.3 Å². The number of nitrogens with zero attached hydrogens (tertiary/aromatic N) is 2. The van der Waals surface area contributed by atoms with E-state index in [1.807, 2.05) is 18.2 Å². The van der Waals surface area contributed by atoms with Crippen LogP contribution in [0.15, 0.2) is 30.3 Å². The molecule has 1 aromatic heterocycles. The lowest BCUT2D eigenvalue weighted by Gasteiger charge is -2.17. The van der Waals surface area contributed by atoms with Crippen LogP contribution in [0.1, 0.15) is 12.8 Å². The molecule has 2 aromatic carbocycles. The minimum absolute atomic E-state index is 0.154. The van der Waals surface area contributed by atoms with E-state index in [0.29, 0.717) is 52.4 Å². The van der Waals surface area contributed by atoms with Gasteiger partial charge >= 0.3 is 0 Å². The number of aliphatic hydroxyl groups is 1. The van der Waals surface area contributed by atoms with Crippen molar-refractivity contribution in [1.82, 2.24) is 9.97 Å². The van der Waals surface area contributed by atoms with Crippen molar-refractivity contribution in [2.75, 3.05) is 39.8 Å². The molecule has 0 radical (unpaired) electrons. The van der Waals surface area contributed by atoms with Crippen LogP contribution in [0.5, 0.6) is 17.2 Å². The van der Waals surface area contributed by atoms with E-state index in [-0.39, 0.29) is 6.61 Å². The molecule has 8 heteroatoms. The number of rotatable bonds is 9. The topological polar surface area (TPSA) is 85.7 Å². The van der Waals surface area contributed by atoms with Gasteiger partial charge in [-0.05, 0) is 43.2 Å². The summed E-state index contributed by atoms with van der Waals surface area (Å²) in [6, 6.07) is 9.16. The van der Waals surface area contributed by atoms with Crippen LogP contribution in [-0.2, 0) is 0 Å². The fourth-order valence-corrected chi connectivity index (χ4v) is 3.16. The Labute approximate surface area is 174 Å². The Morgan fingerprint density at radius 1 is 0.966 bits per heavy atom. The number of aromatic nitrogens is 2. The summed E-state index contributed by atoms with van der Waals surface area (Å²) in [6.07, 6.45) is 1.52. The lowest BCUT2D eigenvalue weighted by Crippen LogP contribution is -2.07. The molecule has 0 fully saturated rings. The highest BCUT2D eigenvalue weighted by molar-refractivity contribution is 6.30. The first-order valence-corrected chi connectivity index (χ1v) is 9.62. The van der Waals surface area contributed by atoms with Gasteiger partial charge < -0.3 is 24.6 Å². The summed E-state index contributed by atoms with van der Waals surface area (Å²) in [7, 11) is 4.69. The summed E-state index contributed by atoms with van der Waals surface area (Å²) in [5.41, 5.74) is 1.43. The fraction of sp³-hybridized carbons (Fsp3) is 0.333. The van der Waals surface area contributed by atoms with Gasteiger partial charge in [0.05, 0.1) is 26.7 Å². The zero-order valence-electron chi connectivity index (χ0n) is 16.7. The zero-order valence-corrected chi connectivity index (χ0v) is 17.4. The normalized spacial score (nSPS) is 10.8. The lowest BCUT2D eigenvalue weighted by atomic mass is 10.1. The van der Waals surface area contributed by atoms with Gasteiger partial charge in [0.2, 0.25) is 5.75 Å². The highest BCUT2D eigenvalue weighted by atomic mass is 35.5. The van der Waals surface area contributed by atoms with Gasteiger partial charge in [-0.3, -0.25) is 0 Å². The SMILES string of the molecule is COc1cc2c(NCCCCO)nc(-c3ccc(Cl)cc3)nc2c(OC)c1OC. The Hall–Kier alpha value is -2.77. The monoisotopic (exact) mass is 417 g/mol. The van der Waals surface area contributed by atoms with E-state index in [0.717, 1.165) is 17.4 Å². The Morgan fingerprint density at radius 2 is 1.69 bits per heavy atom. The molecule has 3 rings (SSSR count). The molecular formula is C21H24ClN3O4. The van der Waals surface area contributed by atoms with Crippen LogP contribution in [0.4, 0.5) is 5.82 Å². The van der Waals surface area contributed by atoms with Crippen molar-refractivity contribution in [2.45, 2.75) is 12.8 Å². The molecule has 2 N–H and O–H groups in total. The van der Waals surface area contributed by atoms with Crippen molar-refractivity contribution in [3.8, 4) is 28.6 Å². The first-order valence-electron chi connectivity index (χ1n) is 9.24. The Morgan fingerprint density at radius 3 is 2.31 bits per heavy atom. The molecule has 0 aliphatic rings. The number of nitrogens with one attached hydrogen (secondary N) is 1. The average molecular weight is 418 g/mol. The Balaban J connectivity index is 2.21. The number of hydrogen-bond donors (Lipinski definition) is 2. The summed E-state index contributed by atoms with van der Waals surface area (Å²) in [5, 5.41) is 13.8. The number of ether oxygens (including phenoxy) is 3. The quantitative estimate of drug-likeness (QED) is 0.505. The molecule has 0 bridgehead atoms. The molecule has 1 heterocycles. The van der Waals surface area contributed by atoms with Crippen molar-refractivity contribution < 1.29 is 19.3 Å². The Bertz CT molecular complexity index is 980. The van der Waals surface area contributed by atoms with E-state index < -0.39 is 0 Å². The third kappa shape index (κ3) is 4.46. The minimum Gasteiger partial charge on any atom is -0.493 e. The molecule has 0 spiro atoms. The van der Waals surface area contributed by atoms with Gasteiger partial charge in [-0.15, -0.1) is 0 Å². The van der Waals surface area contributed by atoms with Gasteiger partial charge in [0, 0.05) is 23.7 Å². The van der Waals surface area contributed by atoms with E-state index in [2.05, 4.69) is 5.32 Å². The highest BCUT2D eigenvalue weighted by Gasteiger charge is 2.21. The smallest absolute Gasteiger partial charge is 0.205 e. The Kier molecular flexibility index (Phi) is 6.95. The van der Waals surface area contributed by atoms with Gasteiger partial charge in [0.15, 0.2) is 17.3 Å². The molecule has 0 aliphatic heterocycles. The van der Waals surface area contributed by atoms with E-state index >= 15 is 0 Å². The number of anilines is 1. The first kappa shape index (κ1) is 21.0. The second-order valence-electron chi connectivity index (χ2n) is 6.30. The van der Waals surface area contributed by atoms with E-state index in [4.69, 9.17) is 40.9 Å². The molecule has 0 saturated carbocycles. The average Bonchev–Trinajstić information content (AvgIpc) is 2.75. The minimum atomic E-state index is 0.154. The molecule has 0 atom stereocenters. The van der Waals surface area contributed by atoms with Crippen LogP contribution in [0.3, 0.4) is 0 Å². The maximum atomic E-state index is 9.03. The summed E-state index contributed by atoms with van der Waals surface area (Å²) in [6.45, 7) is 0.810. The molecule has 3 aromatic rings. The molecule has 0 aliphatic carbocycles. The van der Waals surface area contributed by atoms with E-state index in [1.54, 1.807) is 33.5 Å². The van der Waals surface area contributed by atoms with Gasteiger partial charge in [-0.2, -0.15) is 0 Å². The summed E-state index contributed by atoms with van der Waals surface area (Å²) in [4.78, 5) is 9.47. The summed E-state index contributed by atoms with van der Waals surface area (Å²) >= 11 is 6.02. The van der Waals surface area contributed by atoms with Gasteiger partial charge in [-0.1, -0.05) is 11.6 Å². The zero-order chi connectivity index (χ0) is 20.8. The largest absolute Gasteiger partial charge is 0.493 e. The van der Waals surface area contributed by atoms with Gasteiger partial charge in [0.25, 0.3) is 0 Å². The maximum Gasteiger partial charge on any atom is 0.205 e. The molecule has 0 amide bonds. The maximum absolute atomic E-state index is 9.03. The third-order valence-electron chi connectivity index (χ3n) is 4.47. The molecular weight excluding hydrogens is 394 g/mol. The van der Waals surface area contributed by atoms with Crippen molar-refractivity contribution >= 4 is 28.3 Å². The van der Waals surface area contributed by atoms with Crippen LogP contribution >= 0.6 is 11.6 Å². The van der Waals surface area contributed by atoms with Crippen molar-refractivity contribution in [1.29, 1.82) is 0 Å². The predicted molar refractivity (Wildman–Crippen MR) is 114 cm³/mol. The van der Waals surface area contributed by atoms with Crippen LogP contribution in [-0.4, -0.2) is 49.6 Å². The van der Waals surface area contributed by atoms with Gasteiger partial charge in [0.1, 0.15) is 11.3 Å². The molecule has 0 unspecified atom stereocenters. The van der Waals surface area contributed by atoms with Crippen LogP contribution < -0.4 is 19.5 Å². The number of fused-ring (bicyclic) bond motifs is 1. The predicted octanol–water partition coefficient (Wildman–Crippen LogP) is 4.16. The first-order chi connectivity index (χ1) is 14.1. The third-order valence-corrected chi connectivity index (χ3v) is 4.73. The van der Waals surface area contributed by atoms with E-state index in [9.17, 15) is 0 Å². The van der Waals surface area contributed by atoms with Crippen LogP contribution in [0, 0.1) is 0 Å². The lowest BCUT2D eigenvalue weighted by molar-refractivity contribution is 0.286. The number of benzene rings is 2. The second-order valence-corrected chi connectivity index (χ2v) is 6.74. The fourth-order valence-electron chi connectivity index (χ4n) is 3.04. The van der Waals surface area contributed by atoms with Crippen molar-refractivity contribution in [3.05, 3.63) is 35.4 Å². The molecule has 154 valence electrons. The van der Waals surface area contributed by atoms with Crippen LogP contribution in [0.2, 0.25) is 5.02 Å². The molecule has 0 saturated heterocycles. The number of methoxy groups -OCH3 is 3. The number of aliphatic hydroxyl groups excluding tert-OH is 1.